The summed E-state index contributed by atoms with van der Waals surface area (Å²) in [5.41, 5.74) is 0.546. The summed E-state index contributed by atoms with van der Waals surface area (Å²) in [6.45, 7) is 7.76. The van der Waals surface area contributed by atoms with Crippen LogP contribution in [0.25, 0.3) is 0 Å². The minimum atomic E-state index is -0.412. The molecular formula is C28H40N4O7. The fourth-order valence-electron chi connectivity index (χ4n) is 4.88. The van der Waals surface area contributed by atoms with Crippen molar-refractivity contribution in [3.63, 3.8) is 0 Å². The van der Waals surface area contributed by atoms with E-state index in [-0.39, 0.29) is 35.7 Å². The average Bonchev–Trinajstić information content (AvgIpc) is 3.45. The predicted octanol–water partition coefficient (Wildman–Crippen LogP) is 3.45. The molecule has 0 bridgehead atoms. The molecule has 1 aliphatic heterocycles. The van der Waals surface area contributed by atoms with Gasteiger partial charge < -0.3 is 38.6 Å². The number of benzene rings is 1. The third-order valence-corrected chi connectivity index (χ3v) is 7.22. The SMILES string of the molecule is COCCCOc1cc(C(=O)N(C[C@@H]2CNC[C@H]2CN(C(=O)Oc2ccon2)C2CC2)C(C)C)ccc1OC. The van der Waals surface area contributed by atoms with Crippen molar-refractivity contribution in [3.05, 3.63) is 36.1 Å². The van der Waals surface area contributed by atoms with Crippen LogP contribution in [0.4, 0.5) is 4.79 Å². The maximum Gasteiger partial charge on any atom is 0.416 e. The second-order valence-corrected chi connectivity index (χ2v) is 10.4. The van der Waals surface area contributed by atoms with Crippen molar-refractivity contribution in [1.29, 1.82) is 0 Å². The van der Waals surface area contributed by atoms with Gasteiger partial charge in [0.2, 0.25) is 0 Å². The highest BCUT2D eigenvalue weighted by molar-refractivity contribution is 5.95. The van der Waals surface area contributed by atoms with Crippen molar-refractivity contribution in [1.82, 2.24) is 20.3 Å². The number of ether oxygens (including phenoxy) is 4. The number of hydrogen-bond donors (Lipinski definition) is 1. The molecule has 2 heterocycles. The molecule has 0 unspecified atom stereocenters. The summed E-state index contributed by atoms with van der Waals surface area (Å²) in [6, 6.07) is 6.98. The summed E-state index contributed by atoms with van der Waals surface area (Å²) >= 11 is 0. The first-order chi connectivity index (χ1) is 18.9. The molecular weight excluding hydrogens is 504 g/mol. The Bertz CT molecular complexity index is 1070. The van der Waals surface area contributed by atoms with Crippen LogP contribution < -0.4 is 19.5 Å². The zero-order chi connectivity index (χ0) is 27.8. The van der Waals surface area contributed by atoms with Crippen LogP contribution in [0.3, 0.4) is 0 Å². The lowest BCUT2D eigenvalue weighted by Crippen LogP contribution is -2.45. The van der Waals surface area contributed by atoms with Crippen LogP contribution in [0.5, 0.6) is 17.4 Å². The Balaban J connectivity index is 1.43. The zero-order valence-corrected chi connectivity index (χ0v) is 23.3. The molecule has 4 rings (SSSR count). The highest BCUT2D eigenvalue weighted by Gasteiger charge is 2.39. The third-order valence-electron chi connectivity index (χ3n) is 7.22. The first-order valence-corrected chi connectivity index (χ1v) is 13.6. The molecule has 2 fully saturated rings. The van der Waals surface area contributed by atoms with E-state index in [2.05, 4.69) is 10.5 Å². The number of carbonyl (C=O) groups excluding carboxylic acids is 2. The van der Waals surface area contributed by atoms with Gasteiger partial charge in [-0.25, -0.2) is 4.79 Å². The second kappa shape index (κ2) is 13.7. The van der Waals surface area contributed by atoms with E-state index in [1.54, 1.807) is 37.3 Å². The molecule has 2 atom stereocenters. The minimum Gasteiger partial charge on any atom is -0.493 e. The van der Waals surface area contributed by atoms with Crippen LogP contribution in [0.15, 0.2) is 35.1 Å². The number of aromatic nitrogens is 1. The molecule has 39 heavy (non-hydrogen) atoms. The molecule has 214 valence electrons. The van der Waals surface area contributed by atoms with Gasteiger partial charge in [0.25, 0.3) is 11.8 Å². The summed E-state index contributed by atoms with van der Waals surface area (Å²) in [7, 11) is 3.23. The molecule has 1 aromatic carbocycles. The summed E-state index contributed by atoms with van der Waals surface area (Å²) in [6.07, 6.45) is 3.62. The van der Waals surface area contributed by atoms with Crippen molar-refractivity contribution >= 4 is 12.0 Å². The summed E-state index contributed by atoms with van der Waals surface area (Å²) in [4.78, 5) is 30.3. The molecule has 2 aromatic rings. The van der Waals surface area contributed by atoms with Gasteiger partial charge in [0.05, 0.1) is 13.7 Å². The van der Waals surface area contributed by atoms with Gasteiger partial charge in [-0.15, -0.1) is 0 Å². The van der Waals surface area contributed by atoms with Gasteiger partial charge in [-0.3, -0.25) is 4.79 Å². The van der Waals surface area contributed by atoms with Crippen LogP contribution in [0, 0.1) is 11.8 Å². The van der Waals surface area contributed by atoms with Gasteiger partial charge in [0, 0.05) is 70.0 Å². The molecule has 11 nitrogen and oxygen atoms in total. The number of hydrogen-bond acceptors (Lipinski definition) is 9. The highest BCUT2D eigenvalue weighted by atomic mass is 16.6. The molecule has 1 saturated heterocycles. The number of rotatable bonds is 14. The van der Waals surface area contributed by atoms with Crippen molar-refractivity contribution < 1.29 is 33.1 Å². The number of carbonyl (C=O) groups is 2. The van der Waals surface area contributed by atoms with E-state index in [9.17, 15) is 9.59 Å². The normalized spacial score (nSPS) is 18.7. The molecule has 2 amide bonds. The van der Waals surface area contributed by atoms with E-state index >= 15 is 0 Å². The Morgan fingerprint density at radius 1 is 1.08 bits per heavy atom. The van der Waals surface area contributed by atoms with Gasteiger partial charge in [0.15, 0.2) is 11.5 Å². The maximum atomic E-state index is 13.7. The number of methoxy groups -OCH3 is 2. The van der Waals surface area contributed by atoms with E-state index in [1.165, 1.54) is 12.3 Å². The number of amides is 2. The van der Waals surface area contributed by atoms with E-state index in [4.69, 9.17) is 23.5 Å². The maximum absolute atomic E-state index is 13.7. The van der Waals surface area contributed by atoms with Crippen molar-refractivity contribution in [2.45, 2.75) is 45.2 Å². The van der Waals surface area contributed by atoms with Gasteiger partial charge in [-0.1, -0.05) is 0 Å². The van der Waals surface area contributed by atoms with Crippen molar-refractivity contribution in [3.8, 4) is 17.4 Å². The second-order valence-electron chi connectivity index (χ2n) is 10.4. The Morgan fingerprint density at radius 3 is 2.49 bits per heavy atom. The molecule has 2 aliphatic rings. The van der Waals surface area contributed by atoms with Crippen LogP contribution in [0.2, 0.25) is 0 Å². The number of nitrogens with zero attached hydrogens (tertiary/aromatic N) is 3. The Hall–Kier alpha value is -3.31. The van der Waals surface area contributed by atoms with E-state index in [0.29, 0.717) is 43.4 Å². The van der Waals surface area contributed by atoms with Crippen LogP contribution in [0.1, 0.15) is 43.5 Å². The first kappa shape index (κ1) is 28.7. The largest absolute Gasteiger partial charge is 0.493 e. The van der Waals surface area contributed by atoms with Gasteiger partial charge in [0.1, 0.15) is 6.26 Å². The summed E-state index contributed by atoms with van der Waals surface area (Å²) in [5.74, 6) is 1.57. The lowest BCUT2D eigenvalue weighted by atomic mass is 9.94. The topological polar surface area (TPSA) is 116 Å². The van der Waals surface area contributed by atoms with Crippen molar-refractivity contribution in [2.75, 3.05) is 53.6 Å². The lowest BCUT2D eigenvalue weighted by Gasteiger charge is -2.33. The fourth-order valence-corrected chi connectivity index (χ4v) is 4.88. The summed E-state index contributed by atoms with van der Waals surface area (Å²) in [5, 5.41) is 7.15. The van der Waals surface area contributed by atoms with Crippen LogP contribution in [-0.4, -0.2) is 92.7 Å². The highest BCUT2D eigenvalue weighted by Crippen LogP contribution is 2.32. The van der Waals surface area contributed by atoms with Crippen LogP contribution in [-0.2, 0) is 4.74 Å². The van der Waals surface area contributed by atoms with E-state index in [1.807, 2.05) is 18.7 Å². The average molecular weight is 545 g/mol. The molecule has 11 heteroatoms. The summed E-state index contributed by atoms with van der Waals surface area (Å²) < 4.78 is 26.6. The lowest BCUT2D eigenvalue weighted by molar-refractivity contribution is 0.0647. The molecule has 0 radical (unpaired) electrons. The van der Waals surface area contributed by atoms with Gasteiger partial charge in [-0.05, 0) is 61.9 Å². The zero-order valence-electron chi connectivity index (χ0n) is 23.3. The Kier molecular flexibility index (Phi) is 10.0. The monoisotopic (exact) mass is 544 g/mol. The fraction of sp³-hybridized carbons (Fsp3) is 0.607. The molecule has 1 aromatic heterocycles. The standard InChI is InChI=1S/C28H40N4O7/c1-19(2)31(27(33)20-6-9-24(36-4)25(14-20)37-12-5-11-35-3)17-21-15-29-16-22(21)18-32(23-7-8-23)28(34)39-26-10-13-38-30-26/h6,9-10,13-14,19,21-23,29H,5,7-8,11-12,15-18H2,1-4H3/t21-,22-/m0/s1. The van der Waals surface area contributed by atoms with E-state index < -0.39 is 6.09 Å². The Morgan fingerprint density at radius 2 is 1.85 bits per heavy atom. The molecule has 1 aliphatic carbocycles. The predicted molar refractivity (Wildman–Crippen MR) is 143 cm³/mol. The third kappa shape index (κ3) is 7.63. The minimum absolute atomic E-state index is 0.0106. The number of nitrogens with one attached hydrogen (secondary N) is 1. The van der Waals surface area contributed by atoms with Crippen LogP contribution >= 0.6 is 0 Å². The molecule has 0 spiro atoms. The smallest absolute Gasteiger partial charge is 0.416 e. The first-order valence-electron chi connectivity index (χ1n) is 13.6. The van der Waals surface area contributed by atoms with Gasteiger partial charge in [-0.2, -0.15) is 0 Å². The molecule has 1 saturated carbocycles. The van der Waals surface area contributed by atoms with E-state index in [0.717, 1.165) is 32.4 Å². The molecule has 1 N–H and O–H groups in total. The Labute approximate surface area is 229 Å². The van der Waals surface area contributed by atoms with Gasteiger partial charge >= 0.3 is 6.09 Å². The quantitative estimate of drug-likeness (QED) is 0.357. The van der Waals surface area contributed by atoms with Crippen molar-refractivity contribution in [2.24, 2.45) is 11.8 Å².